The lowest BCUT2D eigenvalue weighted by Gasteiger charge is -2.31. The van der Waals surface area contributed by atoms with Gasteiger partial charge in [0.25, 0.3) is 0 Å². The van der Waals surface area contributed by atoms with Gasteiger partial charge in [0.2, 0.25) is 15.9 Å². The summed E-state index contributed by atoms with van der Waals surface area (Å²) in [5.41, 5.74) is 4.99. The van der Waals surface area contributed by atoms with Crippen molar-refractivity contribution < 1.29 is 17.6 Å². The highest BCUT2D eigenvalue weighted by Gasteiger charge is 2.33. The molecule has 0 spiro atoms. The number of sulfonamides is 1. The third-order valence-electron chi connectivity index (χ3n) is 6.67. The van der Waals surface area contributed by atoms with Crippen molar-refractivity contribution in [3.8, 4) is 11.3 Å². The maximum atomic E-state index is 13.2. The molecule has 1 amide bonds. The van der Waals surface area contributed by atoms with E-state index in [1.165, 1.54) is 34.1 Å². The zero-order valence-electron chi connectivity index (χ0n) is 18.8. The summed E-state index contributed by atoms with van der Waals surface area (Å²) in [4.78, 5) is 13.1. The van der Waals surface area contributed by atoms with Crippen molar-refractivity contribution in [1.82, 2.24) is 14.5 Å². The monoisotopic (exact) mass is 482 g/mol. The second-order valence-corrected chi connectivity index (χ2v) is 10.9. The van der Waals surface area contributed by atoms with Gasteiger partial charge in [0.15, 0.2) is 0 Å². The number of aromatic nitrogens is 2. The van der Waals surface area contributed by atoms with Crippen LogP contribution in [0.1, 0.15) is 36.9 Å². The molecule has 0 saturated carbocycles. The SMILES string of the molecule is O=C(Nc1cccc(-c2n[nH]c3c2CCCC3)c1)C1CCCN(S(=O)(=O)c2ccc(F)cc2)C1. The average molecular weight is 483 g/mol. The zero-order valence-corrected chi connectivity index (χ0v) is 19.6. The highest BCUT2D eigenvalue weighted by molar-refractivity contribution is 7.89. The van der Waals surface area contributed by atoms with Crippen molar-refractivity contribution in [3.63, 3.8) is 0 Å². The zero-order chi connectivity index (χ0) is 23.7. The molecule has 1 aromatic heterocycles. The molecule has 1 saturated heterocycles. The average Bonchev–Trinajstić information content (AvgIpc) is 3.29. The van der Waals surface area contributed by atoms with E-state index in [1.807, 2.05) is 24.3 Å². The van der Waals surface area contributed by atoms with Crippen LogP contribution in [0.15, 0.2) is 53.4 Å². The van der Waals surface area contributed by atoms with Gasteiger partial charge in [-0.1, -0.05) is 12.1 Å². The normalized spacial score (nSPS) is 18.9. The fourth-order valence-corrected chi connectivity index (χ4v) is 6.36. The summed E-state index contributed by atoms with van der Waals surface area (Å²) in [5, 5.41) is 10.6. The summed E-state index contributed by atoms with van der Waals surface area (Å²) in [6, 6.07) is 12.4. The number of hydrogen-bond donors (Lipinski definition) is 2. The number of aromatic amines is 1. The standard InChI is InChI=1S/C25H27FN4O3S/c26-19-10-12-21(13-11-19)34(32,33)30-14-4-6-18(16-30)25(31)27-20-7-3-5-17(15-20)24-22-8-1-2-9-23(22)28-29-24/h3,5,7,10-13,15,18H,1-2,4,6,8-9,14,16H2,(H,27,31)(H,28,29). The Morgan fingerprint density at radius 3 is 2.71 bits per heavy atom. The molecule has 34 heavy (non-hydrogen) atoms. The topological polar surface area (TPSA) is 95.2 Å². The number of rotatable bonds is 5. The number of nitrogens with zero attached hydrogens (tertiary/aromatic N) is 2. The highest BCUT2D eigenvalue weighted by atomic mass is 32.2. The molecular weight excluding hydrogens is 455 g/mol. The van der Waals surface area contributed by atoms with Crippen LogP contribution in [-0.2, 0) is 27.7 Å². The van der Waals surface area contributed by atoms with Gasteiger partial charge in [0.05, 0.1) is 16.5 Å². The van der Waals surface area contributed by atoms with Crippen molar-refractivity contribution in [1.29, 1.82) is 0 Å². The molecule has 5 rings (SSSR count). The number of aryl methyl sites for hydroxylation is 1. The molecule has 7 nitrogen and oxygen atoms in total. The van der Waals surface area contributed by atoms with Gasteiger partial charge >= 0.3 is 0 Å². The minimum Gasteiger partial charge on any atom is -0.326 e. The van der Waals surface area contributed by atoms with Gasteiger partial charge in [0.1, 0.15) is 5.82 Å². The first-order valence-electron chi connectivity index (χ1n) is 11.6. The Morgan fingerprint density at radius 1 is 1.09 bits per heavy atom. The fourth-order valence-electron chi connectivity index (χ4n) is 4.84. The predicted molar refractivity (Wildman–Crippen MR) is 127 cm³/mol. The van der Waals surface area contributed by atoms with Crippen LogP contribution >= 0.6 is 0 Å². The molecule has 2 aromatic carbocycles. The van der Waals surface area contributed by atoms with Crippen LogP contribution < -0.4 is 5.32 Å². The van der Waals surface area contributed by atoms with Crippen molar-refractivity contribution >= 4 is 21.6 Å². The molecule has 0 radical (unpaired) electrons. The Hall–Kier alpha value is -3.04. The number of amides is 1. The van der Waals surface area contributed by atoms with E-state index < -0.39 is 21.8 Å². The highest BCUT2D eigenvalue weighted by Crippen LogP contribution is 2.31. The van der Waals surface area contributed by atoms with Crippen LogP contribution in [0.4, 0.5) is 10.1 Å². The minimum absolute atomic E-state index is 0.0324. The van der Waals surface area contributed by atoms with E-state index in [9.17, 15) is 17.6 Å². The van der Waals surface area contributed by atoms with Gasteiger partial charge in [-0.05, 0) is 74.9 Å². The van der Waals surface area contributed by atoms with Crippen molar-refractivity contribution in [2.45, 2.75) is 43.4 Å². The Morgan fingerprint density at radius 2 is 1.88 bits per heavy atom. The Balaban J connectivity index is 1.29. The lowest BCUT2D eigenvalue weighted by atomic mass is 9.93. The van der Waals surface area contributed by atoms with Gasteiger partial charge in [0, 0.05) is 35.6 Å². The first kappa shape index (κ1) is 22.7. The molecule has 1 atom stereocenters. The van der Waals surface area contributed by atoms with E-state index in [-0.39, 0.29) is 17.3 Å². The second kappa shape index (κ2) is 9.31. The fraction of sp³-hybridized carbons (Fsp3) is 0.360. The number of piperidine rings is 1. The molecule has 1 aliphatic heterocycles. The lowest BCUT2D eigenvalue weighted by molar-refractivity contribution is -0.120. The van der Waals surface area contributed by atoms with Gasteiger partial charge in [-0.15, -0.1) is 0 Å². The van der Waals surface area contributed by atoms with Crippen LogP contribution in [-0.4, -0.2) is 41.9 Å². The summed E-state index contributed by atoms with van der Waals surface area (Å²) >= 11 is 0. The van der Waals surface area contributed by atoms with Gasteiger partial charge < -0.3 is 5.32 Å². The van der Waals surface area contributed by atoms with Crippen molar-refractivity contribution in [2.75, 3.05) is 18.4 Å². The molecule has 3 aromatic rings. The van der Waals surface area contributed by atoms with E-state index in [4.69, 9.17) is 0 Å². The summed E-state index contributed by atoms with van der Waals surface area (Å²) in [5.74, 6) is -1.17. The number of fused-ring (bicyclic) bond motifs is 1. The van der Waals surface area contributed by atoms with E-state index in [2.05, 4.69) is 15.5 Å². The Kier molecular flexibility index (Phi) is 6.22. The molecule has 1 aliphatic carbocycles. The summed E-state index contributed by atoms with van der Waals surface area (Å²) in [6.45, 7) is 0.432. The number of benzene rings is 2. The van der Waals surface area contributed by atoms with E-state index in [0.717, 1.165) is 42.7 Å². The minimum atomic E-state index is -3.79. The second-order valence-electron chi connectivity index (χ2n) is 8.96. The quantitative estimate of drug-likeness (QED) is 0.572. The van der Waals surface area contributed by atoms with E-state index in [1.54, 1.807) is 0 Å². The summed E-state index contributed by atoms with van der Waals surface area (Å²) < 4.78 is 40.5. The molecule has 1 fully saturated rings. The predicted octanol–water partition coefficient (Wildman–Crippen LogP) is 4.13. The number of nitrogens with one attached hydrogen (secondary N) is 2. The van der Waals surface area contributed by atoms with E-state index in [0.29, 0.717) is 25.1 Å². The summed E-state index contributed by atoms with van der Waals surface area (Å²) in [7, 11) is -3.79. The third kappa shape index (κ3) is 4.50. The van der Waals surface area contributed by atoms with Gasteiger partial charge in [-0.3, -0.25) is 9.89 Å². The van der Waals surface area contributed by atoms with Crippen LogP contribution in [0.2, 0.25) is 0 Å². The van der Waals surface area contributed by atoms with Gasteiger partial charge in [-0.25, -0.2) is 12.8 Å². The maximum absolute atomic E-state index is 13.2. The lowest BCUT2D eigenvalue weighted by Crippen LogP contribution is -2.43. The first-order chi connectivity index (χ1) is 16.4. The van der Waals surface area contributed by atoms with Crippen LogP contribution in [0.3, 0.4) is 0 Å². The van der Waals surface area contributed by atoms with Crippen LogP contribution in [0, 0.1) is 11.7 Å². The van der Waals surface area contributed by atoms with Crippen molar-refractivity contribution in [3.05, 3.63) is 65.6 Å². The number of hydrogen-bond acceptors (Lipinski definition) is 4. The largest absolute Gasteiger partial charge is 0.326 e. The molecular formula is C25H27FN4O3S. The number of anilines is 1. The molecule has 9 heteroatoms. The molecule has 178 valence electrons. The van der Waals surface area contributed by atoms with E-state index >= 15 is 0 Å². The number of carbonyl (C=O) groups excluding carboxylic acids is 1. The molecule has 2 N–H and O–H groups in total. The Bertz CT molecular complexity index is 1300. The molecule has 2 aliphatic rings. The van der Waals surface area contributed by atoms with Crippen LogP contribution in [0.25, 0.3) is 11.3 Å². The van der Waals surface area contributed by atoms with Gasteiger partial charge in [-0.2, -0.15) is 9.40 Å². The Labute approximate surface area is 198 Å². The maximum Gasteiger partial charge on any atom is 0.243 e. The molecule has 1 unspecified atom stereocenters. The van der Waals surface area contributed by atoms with Crippen molar-refractivity contribution in [2.24, 2.45) is 5.92 Å². The molecule has 0 bridgehead atoms. The summed E-state index contributed by atoms with van der Waals surface area (Å²) in [6.07, 6.45) is 5.51. The number of carbonyl (C=O) groups is 1. The smallest absolute Gasteiger partial charge is 0.243 e. The number of H-pyrrole nitrogens is 1. The molecule has 2 heterocycles. The first-order valence-corrected chi connectivity index (χ1v) is 13.1. The number of halogens is 1. The third-order valence-corrected chi connectivity index (χ3v) is 8.55. The van der Waals surface area contributed by atoms with Crippen LogP contribution in [0.5, 0.6) is 0 Å².